The number of carboxylic acids is 1. The first-order valence-corrected chi connectivity index (χ1v) is 7.86. The van der Waals surface area contributed by atoms with Gasteiger partial charge < -0.3 is 14.9 Å². The van der Waals surface area contributed by atoms with Gasteiger partial charge in [0.2, 0.25) is 0 Å². The molecule has 0 bridgehead atoms. The summed E-state index contributed by atoms with van der Waals surface area (Å²) in [5, 5.41) is 8.99. The summed E-state index contributed by atoms with van der Waals surface area (Å²) in [6.07, 6.45) is 6.13. The molecular formula is C15H24N2O3. The Morgan fingerprint density at radius 3 is 2.55 bits per heavy atom. The molecule has 1 aliphatic carbocycles. The minimum absolute atomic E-state index is 0.126. The minimum Gasteiger partial charge on any atom is -0.481 e. The zero-order valence-electron chi connectivity index (χ0n) is 12.1. The van der Waals surface area contributed by atoms with E-state index in [1.807, 2.05) is 4.90 Å². The largest absolute Gasteiger partial charge is 0.481 e. The maximum atomic E-state index is 12.5. The van der Waals surface area contributed by atoms with Crippen molar-refractivity contribution in [3.63, 3.8) is 0 Å². The molecule has 5 nitrogen and oxygen atoms in total. The third-order valence-electron chi connectivity index (χ3n) is 5.53. The van der Waals surface area contributed by atoms with Gasteiger partial charge in [-0.2, -0.15) is 0 Å². The van der Waals surface area contributed by atoms with E-state index in [1.54, 1.807) is 6.92 Å². The van der Waals surface area contributed by atoms with Crippen LogP contribution >= 0.6 is 0 Å². The van der Waals surface area contributed by atoms with Crippen molar-refractivity contribution in [3.05, 3.63) is 0 Å². The summed E-state index contributed by atoms with van der Waals surface area (Å²) in [4.78, 5) is 27.4. The maximum absolute atomic E-state index is 12.5. The fourth-order valence-corrected chi connectivity index (χ4v) is 4.01. The van der Waals surface area contributed by atoms with Gasteiger partial charge in [-0.05, 0) is 25.2 Å². The highest BCUT2D eigenvalue weighted by atomic mass is 16.4. The summed E-state index contributed by atoms with van der Waals surface area (Å²) in [6.45, 7) is 3.85. The molecule has 3 fully saturated rings. The van der Waals surface area contributed by atoms with Crippen LogP contribution < -0.4 is 0 Å². The van der Waals surface area contributed by atoms with Crippen LogP contribution in [0.2, 0.25) is 0 Å². The number of hydrogen-bond acceptors (Lipinski definition) is 2. The van der Waals surface area contributed by atoms with Crippen molar-refractivity contribution in [1.82, 2.24) is 9.80 Å². The van der Waals surface area contributed by atoms with Gasteiger partial charge in [0.25, 0.3) is 0 Å². The summed E-state index contributed by atoms with van der Waals surface area (Å²) in [5.41, 5.74) is 0. The van der Waals surface area contributed by atoms with E-state index in [1.165, 1.54) is 19.3 Å². The quantitative estimate of drug-likeness (QED) is 0.842. The molecule has 112 valence electrons. The van der Waals surface area contributed by atoms with Crippen LogP contribution in [0.3, 0.4) is 0 Å². The maximum Gasteiger partial charge on any atom is 0.320 e. The van der Waals surface area contributed by atoms with Gasteiger partial charge in [0.1, 0.15) is 0 Å². The van der Waals surface area contributed by atoms with Gasteiger partial charge in [-0.3, -0.25) is 4.79 Å². The number of hydrogen-bond donors (Lipinski definition) is 1. The van der Waals surface area contributed by atoms with E-state index in [0.29, 0.717) is 25.0 Å². The number of fused-ring (bicyclic) bond motifs is 1. The lowest BCUT2D eigenvalue weighted by molar-refractivity contribution is -0.144. The highest BCUT2D eigenvalue weighted by molar-refractivity contribution is 5.77. The minimum atomic E-state index is -0.754. The summed E-state index contributed by atoms with van der Waals surface area (Å²) < 4.78 is 0. The molecule has 3 atom stereocenters. The average molecular weight is 280 g/mol. The molecule has 2 heterocycles. The van der Waals surface area contributed by atoms with Crippen LogP contribution in [0.15, 0.2) is 0 Å². The van der Waals surface area contributed by atoms with E-state index < -0.39 is 5.97 Å². The zero-order chi connectivity index (χ0) is 14.3. The fraction of sp³-hybridized carbons (Fsp3) is 0.867. The van der Waals surface area contributed by atoms with Gasteiger partial charge in [-0.25, -0.2) is 4.79 Å². The topological polar surface area (TPSA) is 60.9 Å². The fourth-order valence-electron chi connectivity index (χ4n) is 4.01. The first-order valence-electron chi connectivity index (χ1n) is 7.86. The smallest absolute Gasteiger partial charge is 0.320 e. The summed E-state index contributed by atoms with van der Waals surface area (Å²) in [6, 6.07) is 0.598. The molecule has 0 radical (unpaired) electrons. The second kappa shape index (κ2) is 5.26. The molecular weight excluding hydrogens is 256 g/mol. The normalized spacial score (nSPS) is 31.6. The molecule has 0 aromatic heterocycles. The zero-order valence-corrected chi connectivity index (χ0v) is 12.1. The van der Waals surface area contributed by atoms with E-state index >= 15 is 0 Å². The summed E-state index contributed by atoms with van der Waals surface area (Å²) in [5.74, 6) is -0.264. The van der Waals surface area contributed by atoms with E-state index in [2.05, 4.69) is 4.90 Å². The van der Waals surface area contributed by atoms with Crippen LogP contribution in [0.1, 0.15) is 39.0 Å². The number of carbonyl (C=O) groups excluding carboxylic acids is 1. The number of rotatable bonds is 2. The SMILES string of the molecule is CC(C(=O)O)C1CN(C(=O)N2CCC3CCCCC32)C1. The van der Waals surface area contributed by atoms with Crippen LogP contribution in [-0.4, -0.2) is 52.6 Å². The Kier molecular flexibility index (Phi) is 3.61. The molecule has 0 aromatic rings. The molecule has 2 aliphatic heterocycles. The molecule has 3 unspecified atom stereocenters. The van der Waals surface area contributed by atoms with E-state index in [-0.39, 0.29) is 17.9 Å². The van der Waals surface area contributed by atoms with Crippen LogP contribution in [0.5, 0.6) is 0 Å². The van der Waals surface area contributed by atoms with Crippen molar-refractivity contribution in [3.8, 4) is 0 Å². The molecule has 1 N–H and O–H groups in total. The number of nitrogens with zero attached hydrogens (tertiary/aromatic N) is 2. The Morgan fingerprint density at radius 2 is 1.85 bits per heavy atom. The predicted octanol–water partition coefficient (Wildman–Crippen LogP) is 2.02. The molecule has 20 heavy (non-hydrogen) atoms. The Balaban J connectivity index is 1.55. The van der Waals surface area contributed by atoms with Crippen molar-refractivity contribution >= 4 is 12.0 Å². The van der Waals surface area contributed by atoms with Crippen LogP contribution in [0.4, 0.5) is 4.79 Å². The van der Waals surface area contributed by atoms with Crippen LogP contribution in [0, 0.1) is 17.8 Å². The van der Waals surface area contributed by atoms with Gasteiger partial charge in [-0.15, -0.1) is 0 Å². The highest BCUT2D eigenvalue weighted by Gasteiger charge is 2.44. The first kappa shape index (κ1) is 13.7. The molecule has 1 saturated carbocycles. The van der Waals surface area contributed by atoms with Gasteiger partial charge in [-0.1, -0.05) is 19.8 Å². The third-order valence-corrected chi connectivity index (χ3v) is 5.53. The lowest BCUT2D eigenvalue weighted by Gasteiger charge is -2.44. The Bertz CT molecular complexity index is 406. The van der Waals surface area contributed by atoms with Gasteiger partial charge in [0.05, 0.1) is 5.92 Å². The second-order valence-electron chi connectivity index (χ2n) is 6.67. The Labute approximate surface area is 119 Å². The summed E-state index contributed by atoms with van der Waals surface area (Å²) >= 11 is 0. The third kappa shape index (κ3) is 2.27. The van der Waals surface area contributed by atoms with Crippen molar-refractivity contribution in [2.75, 3.05) is 19.6 Å². The molecule has 3 aliphatic rings. The van der Waals surface area contributed by atoms with Crippen LogP contribution in [0.25, 0.3) is 0 Å². The van der Waals surface area contributed by atoms with Crippen molar-refractivity contribution < 1.29 is 14.7 Å². The number of carbonyl (C=O) groups is 2. The Morgan fingerprint density at radius 1 is 1.15 bits per heavy atom. The standard InChI is InChI=1S/C15H24N2O3/c1-10(14(18)19)12-8-16(9-12)15(20)17-7-6-11-4-2-3-5-13(11)17/h10-13H,2-9H2,1H3,(H,18,19). The Hall–Kier alpha value is -1.26. The number of amides is 2. The summed E-state index contributed by atoms with van der Waals surface area (Å²) in [7, 11) is 0. The van der Waals surface area contributed by atoms with E-state index in [9.17, 15) is 9.59 Å². The average Bonchev–Trinajstić information content (AvgIpc) is 2.80. The van der Waals surface area contributed by atoms with Gasteiger partial charge in [0, 0.05) is 31.6 Å². The molecule has 0 aromatic carbocycles. The van der Waals surface area contributed by atoms with Gasteiger partial charge >= 0.3 is 12.0 Å². The van der Waals surface area contributed by atoms with Crippen molar-refractivity contribution in [1.29, 1.82) is 0 Å². The van der Waals surface area contributed by atoms with Crippen molar-refractivity contribution in [2.24, 2.45) is 17.8 Å². The second-order valence-corrected chi connectivity index (χ2v) is 6.67. The van der Waals surface area contributed by atoms with Gasteiger partial charge in [0.15, 0.2) is 0 Å². The number of urea groups is 1. The lowest BCUT2D eigenvalue weighted by Crippen LogP contribution is -2.58. The molecule has 2 saturated heterocycles. The molecule has 2 amide bonds. The van der Waals surface area contributed by atoms with Crippen LogP contribution in [-0.2, 0) is 4.79 Å². The number of likely N-dealkylation sites (tertiary alicyclic amines) is 2. The van der Waals surface area contributed by atoms with E-state index in [0.717, 1.165) is 19.4 Å². The monoisotopic (exact) mass is 280 g/mol. The number of carboxylic acid groups (broad SMARTS) is 1. The molecule has 3 rings (SSSR count). The van der Waals surface area contributed by atoms with E-state index in [4.69, 9.17) is 5.11 Å². The highest BCUT2D eigenvalue weighted by Crippen LogP contribution is 2.37. The first-order chi connectivity index (χ1) is 9.58. The molecule has 0 spiro atoms. The number of aliphatic carboxylic acids is 1. The predicted molar refractivity (Wildman–Crippen MR) is 74.3 cm³/mol. The lowest BCUT2D eigenvalue weighted by atomic mass is 9.85. The van der Waals surface area contributed by atoms with Crippen molar-refractivity contribution in [2.45, 2.75) is 45.1 Å². The molecule has 5 heteroatoms.